The number of rotatable bonds is 0. The van der Waals surface area contributed by atoms with Gasteiger partial charge in [0, 0.05) is 13.0 Å². The molecule has 0 saturated carbocycles. The lowest BCUT2D eigenvalue weighted by atomic mass is 9.99. The summed E-state index contributed by atoms with van der Waals surface area (Å²) in [4.78, 5) is 16.8. The highest BCUT2D eigenvalue weighted by Gasteiger charge is 2.48. The van der Waals surface area contributed by atoms with Gasteiger partial charge in [-0.3, -0.25) is 4.79 Å². The van der Waals surface area contributed by atoms with E-state index in [0.717, 1.165) is 15.2 Å². The lowest BCUT2D eigenvalue weighted by Gasteiger charge is -2.20. The summed E-state index contributed by atoms with van der Waals surface area (Å²) in [6.07, 6.45) is 0.848. The molecular weight excluding hydrogens is 268 g/mol. The molecule has 3 rings (SSSR count). The van der Waals surface area contributed by atoms with Crippen molar-refractivity contribution in [2.45, 2.75) is 12.0 Å². The molecule has 74 valence electrons. The molecule has 1 fully saturated rings. The fourth-order valence-electron chi connectivity index (χ4n) is 1.95. The van der Waals surface area contributed by atoms with Crippen LogP contribution in [0.3, 0.4) is 0 Å². The average Bonchev–Trinajstić information content (AvgIpc) is 2.75. The van der Waals surface area contributed by atoms with Gasteiger partial charge in [0.05, 0.1) is 11.5 Å². The van der Waals surface area contributed by atoms with E-state index in [-0.39, 0.29) is 11.4 Å². The van der Waals surface area contributed by atoms with E-state index < -0.39 is 0 Å². The first-order valence-electron chi connectivity index (χ1n) is 4.28. The topological polar surface area (TPSA) is 51.2 Å². The zero-order valence-corrected chi connectivity index (χ0v) is 9.57. The van der Waals surface area contributed by atoms with E-state index in [1.165, 1.54) is 11.3 Å². The van der Waals surface area contributed by atoms with E-state index in [1.807, 2.05) is 0 Å². The second kappa shape index (κ2) is 2.77. The van der Waals surface area contributed by atoms with Crippen molar-refractivity contribution in [2.75, 3.05) is 13.2 Å². The molecule has 1 spiro atoms. The van der Waals surface area contributed by atoms with Crippen LogP contribution < -0.4 is 5.32 Å². The van der Waals surface area contributed by atoms with Crippen molar-refractivity contribution in [3.63, 3.8) is 0 Å². The first-order chi connectivity index (χ1) is 6.71. The Hall–Kier alpha value is -0.460. The number of halogens is 1. The Morgan fingerprint density at radius 3 is 3.21 bits per heavy atom. The maximum Gasteiger partial charge on any atom is 0.271 e. The van der Waals surface area contributed by atoms with Crippen molar-refractivity contribution in [3.8, 4) is 0 Å². The molecule has 1 aromatic rings. The number of carbonyl (C=O) groups excluding carboxylic acids is 1. The number of aromatic nitrogens is 1. The van der Waals surface area contributed by atoms with Gasteiger partial charge in [0.2, 0.25) is 0 Å². The minimum atomic E-state index is -0.282. The van der Waals surface area contributed by atoms with Gasteiger partial charge in [-0.05, 0) is 15.9 Å². The standard InChI is InChI=1S/C8H7BrN2O2S/c9-7-10-4-5(14-7)8(11-6(4)12)1-2-13-3-8/h1-3H2,(H,11,12). The second-order valence-corrected chi connectivity index (χ2v) is 5.76. The van der Waals surface area contributed by atoms with E-state index in [1.54, 1.807) is 0 Å². The summed E-state index contributed by atoms with van der Waals surface area (Å²) in [6.45, 7) is 1.27. The zero-order valence-electron chi connectivity index (χ0n) is 7.17. The van der Waals surface area contributed by atoms with Gasteiger partial charge in [0.15, 0.2) is 3.92 Å². The maximum absolute atomic E-state index is 11.6. The fourth-order valence-corrected chi connectivity index (χ4v) is 3.56. The third-order valence-electron chi connectivity index (χ3n) is 2.63. The average molecular weight is 275 g/mol. The number of ether oxygens (including phenoxy) is 1. The molecule has 2 aliphatic heterocycles. The first kappa shape index (κ1) is 8.82. The number of thiazole rings is 1. The molecular formula is C8H7BrN2O2S. The van der Waals surface area contributed by atoms with E-state index in [9.17, 15) is 4.79 Å². The minimum Gasteiger partial charge on any atom is -0.379 e. The Bertz CT molecular complexity index is 411. The summed E-state index contributed by atoms with van der Waals surface area (Å²) >= 11 is 4.82. The summed E-state index contributed by atoms with van der Waals surface area (Å²) < 4.78 is 6.11. The normalized spacial score (nSPS) is 29.6. The number of amides is 1. The van der Waals surface area contributed by atoms with E-state index in [0.29, 0.717) is 18.9 Å². The molecule has 0 bridgehead atoms. The summed E-state index contributed by atoms with van der Waals surface area (Å²) in [5.74, 6) is -0.0764. The monoisotopic (exact) mass is 274 g/mol. The Labute approximate surface area is 92.8 Å². The number of carbonyl (C=O) groups is 1. The van der Waals surface area contributed by atoms with Crippen molar-refractivity contribution in [3.05, 3.63) is 14.5 Å². The Balaban J connectivity index is 2.16. The number of nitrogens with one attached hydrogen (secondary N) is 1. The molecule has 1 aromatic heterocycles. The van der Waals surface area contributed by atoms with Gasteiger partial charge in [0.1, 0.15) is 11.2 Å². The van der Waals surface area contributed by atoms with Crippen molar-refractivity contribution in [1.82, 2.24) is 10.3 Å². The van der Waals surface area contributed by atoms with Gasteiger partial charge in [0.25, 0.3) is 5.91 Å². The molecule has 0 aliphatic carbocycles. The predicted molar refractivity (Wildman–Crippen MR) is 54.4 cm³/mol. The third kappa shape index (κ3) is 1.01. The minimum absolute atomic E-state index is 0.0764. The van der Waals surface area contributed by atoms with Crippen LogP contribution in [0.5, 0.6) is 0 Å². The SMILES string of the molecule is O=C1NC2(CCOC2)c2sc(Br)nc21. The summed E-state index contributed by atoms with van der Waals surface area (Å²) in [6, 6.07) is 0. The van der Waals surface area contributed by atoms with Crippen LogP contribution >= 0.6 is 27.3 Å². The van der Waals surface area contributed by atoms with Gasteiger partial charge < -0.3 is 10.1 Å². The van der Waals surface area contributed by atoms with Crippen molar-refractivity contribution in [2.24, 2.45) is 0 Å². The van der Waals surface area contributed by atoms with Crippen LogP contribution in [0, 0.1) is 0 Å². The number of hydrogen-bond acceptors (Lipinski definition) is 4. The van der Waals surface area contributed by atoms with Gasteiger partial charge in [-0.15, -0.1) is 11.3 Å². The van der Waals surface area contributed by atoms with Crippen molar-refractivity contribution < 1.29 is 9.53 Å². The largest absolute Gasteiger partial charge is 0.379 e. The molecule has 0 aromatic carbocycles. The maximum atomic E-state index is 11.6. The van der Waals surface area contributed by atoms with Crippen molar-refractivity contribution >= 4 is 33.2 Å². The van der Waals surface area contributed by atoms with Crippen LogP contribution in [-0.2, 0) is 10.3 Å². The summed E-state index contributed by atoms with van der Waals surface area (Å²) in [5.41, 5.74) is 0.281. The van der Waals surface area contributed by atoms with Crippen LogP contribution in [0.2, 0.25) is 0 Å². The van der Waals surface area contributed by atoms with Crippen LogP contribution in [-0.4, -0.2) is 24.1 Å². The molecule has 1 amide bonds. The van der Waals surface area contributed by atoms with E-state index in [2.05, 4.69) is 26.2 Å². The smallest absolute Gasteiger partial charge is 0.271 e. The van der Waals surface area contributed by atoms with Crippen molar-refractivity contribution in [1.29, 1.82) is 0 Å². The molecule has 1 unspecified atom stereocenters. The molecule has 4 nitrogen and oxygen atoms in total. The van der Waals surface area contributed by atoms with Gasteiger partial charge in [-0.25, -0.2) is 4.98 Å². The van der Waals surface area contributed by atoms with Gasteiger partial charge in [-0.1, -0.05) is 0 Å². The summed E-state index contributed by atoms with van der Waals surface area (Å²) in [7, 11) is 0. The molecule has 1 N–H and O–H groups in total. The lowest BCUT2D eigenvalue weighted by molar-refractivity contribution is 0.0912. The van der Waals surface area contributed by atoms with E-state index >= 15 is 0 Å². The van der Waals surface area contributed by atoms with Crippen LogP contribution in [0.15, 0.2) is 3.92 Å². The van der Waals surface area contributed by atoms with Crippen LogP contribution in [0.1, 0.15) is 21.8 Å². The van der Waals surface area contributed by atoms with Gasteiger partial charge in [-0.2, -0.15) is 0 Å². The number of fused-ring (bicyclic) bond motifs is 2. The number of hydrogen-bond donors (Lipinski definition) is 1. The highest BCUT2D eigenvalue weighted by molar-refractivity contribution is 9.11. The fraction of sp³-hybridized carbons (Fsp3) is 0.500. The predicted octanol–water partition coefficient (Wildman–Crippen LogP) is 1.26. The Morgan fingerprint density at radius 1 is 1.64 bits per heavy atom. The number of nitrogens with zero attached hydrogens (tertiary/aromatic N) is 1. The highest BCUT2D eigenvalue weighted by atomic mass is 79.9. The molecule has 3 heterocycles. The third-order valence-corrected chi connectivity index (χ3v) is 4.34. The first-order valence-corrected chi connectivity index (χ1v) is 5.89. The quantitative estimate of drug-likeness (QED) is 0.775. The Kier molecular flexibility index (Phi) is 1.75. The zero-order chi connectivity index (χ0) is 9.76. The van der Waals surface area contributed by atoms with Crippen LogP contribution in [0.4, 0.5) is 0 Å². The molecule has 0 radical (unpaired) electrons. The van der Waals surface area contributed by atoms with Gasteiger partial charge >= 0.3 is 0 Å². The molecule has 1 atom stereocenters. The second-order valence-electron chi connectivity index (χ2n) is 3.48. The molecule has 6 heteroatoms. The molecule has 14 heavy (non-hydrogen) atoms. The molecule has 1 saturated heterocycles. The highest BCUT2D eigenvalue weighted by Crippen LogP contribution is 2.42. The Morgan fingerprint density at radius 2 is 2.50 bits per heavy atom. The molecule has 2 aliphatic rings. The van der Waals surface area contributed by atoms with E-state index in [4.69, 9.17) is 4.74 Å². The summed E-state index contributed by atoms with van der Waals surface area (Å²) in [5, 5.41) is 2.97. The lowest BCUT2D eigenvalue weighted by Crippen LogP contribution is -2.39. The van der Waals surface area contributed by atoms with Crippen LogP contribution in [0.25, 0.3) is 0 Å².